The van der Waals surface area contributed by atoms with Gasteiger partial charge in [-0.1, -0.05) is 6.07 Å². The third kappa shape index (κ3) is 8.93. The Kier molecular flexibility index (Phi) is 8.97. The Morgan fingerprint density at radius 1 is 1.27 bits per heavy atom. The van der Waals surface area contributed by atoms with Crippen LogP contribution in [0.2, 0.25) is 0 Å². The topological polar surface area (TPSA) is 101 Å². The number of urea groups is 1. The standard InChI is InChI=1S/C19H22FN3O3.C2HF3O2/c1-13-8-14(2)21-18(9-13)22-19(24)23-6-7-25-17(11-23)12-26-16-5-3-4-15(20)10-16;3-2(4,5)1(6)7/h3-5,8-10,17H,6-7,11-12H2,1-2H3,(H,21,22,24);(H,6,7). The number of hydrogen-bond acceptors (Lipinski definition) is 5. The Morgan fingerprint density at radius 3 is 2.58 bits per heavy atom. The van der Waals surface area contributed by atoms with Gasteiger partial charge in [0.1, 0.15) is 30.1 Å². The van der Waals surface area contributed by atoms with Gasteiger partial charge in [0.05, 0.1) is 13.2 Å². The maximum absolute atomic E-state index is 13.2. The van der Waals surface area contributed by atoms with E-state index in [1.165, 1.54) is 12.1 Å². The van der Waals surface area contributed by atoms with E-state index in [2.05, 4.69) is 10.3 Å². The monoisotopic (exact) mass is 473 g/mol. The summed E-state index contributed by atoms with van der Waals surface area (Å²) < 4.78 is 56.1. The average Bonchev–Trinajstić information content (AvgIpc) is 2.71. The van der Waals surface area contributed by atoms with Crippen LogP contribution in [-0.2, 0) is 9.53 Å². The molecule has 8 nitrogen and oxygen atoms in total. The third-order valence-corrected chi connectivity index (χ3v) is 4.23. The molecule has 2 amide bonds. The van der Waals surface area contributed by atoms with Crippen molar-refractivity contribution in [2.45, 2.75) is 26.1 Å². The van der Waals surface area contributed by atoms with E-state index >= 15 is 0 Å². The highest BCUT2D eigenvalue weighted by atomic mass is 19.4. The maximum Gasteiger partial charge on any atom is 0.490 e. The highest BCUT2D eigenvalue weighted by molar-refractivity contribution is 5.88. The van der Waals surface area contributed by atoms with E-state index in [4.69, 9.17) is 19.4 Å². The molecule has 1 fully saturated rings. The smallest absolute Gasteiger partial charge is 0.490 e. The Morgan fingerprint density at radius 2 is 1.97 bits per heavy atom. The molecule has 1 saturated heterocycles. The molecule has 2 heterocycles. The minimum atomic E-state index is -5.08. The van der Waals surface area contributed by atoms with Gasteiger partial charge in [0.2, 0.25) is 0 Å². The lowest BCUT2D eigenvalue weighted by Gasteiger charge is -2.32. The van der Waals surface area contributed by atoms with E-state index in [0.29, 0.717) is 31.3 Å². The van der Waals surface area contributed by atoms with Crippen molar-refractivity contribution in [1.82, 2.24) is 9.88 Å². The second kappa shape index (κ2) is 11.5. The summed E-state index contributed by atoms with van der Waals surface area (Å²) >= 11 is 0. The molecule has 180 valence electrons. The normalized spacial score (nSPS) is 15.8. The molecule has 1 unspecified atom stereocenters. The second-order valence-electron chi connectivity index (χ2n) is 7.11. The predicted octanol–water partition coefficient (Wildman–Crippen LogP) is 3.78. The Balaban J connectivity index is 0.000000479. The van der Waals surface area contributed by atoms with Crippen LogP contribution >= 0.6 is 0 Å². The number of alkyl halides is 3. The van der Waals surface area contributed by atoms with Gasteiger partial charge in [0.15, 0.2) is 0 Å². The van der Waals surface area contributed by atoms with Crippen molar-refractivity contribution in [2.24, 2.45) is 0 Å². The Hall–Kier alpha value is -3.41. The summed E-state index contributed by atoms with van der Waals surface area (Å²) in [6.07, 6.45) is -5.36. The summed E-state index contributed by atoms with van der Waals surface area (Å²) in [5.41, 5.74) is 1.89. The molecular formula is C21H23F4N3O5. The fraction of sp³-hybridized carbons (Fsp3) is 0.381. The van der Waals surface area contributed by atoms with Gasteiger partial charge >= 0.3 is 18.2 Å². The lowest BCUT2D eigenvalue weighted by Crippen LogP contribution is -2.49. The molecule has 2 N–H and O–H groups in total. The number of rotatable bonds is 4. The molecule has 1 aromatic carbocycles. The van der Waals surface area contributed by atoms with E-state index in [1.807, 2.05) is 26.0 Å². The minimum absolute atomic E-state index is 0.221. The number of amides is 2. The van der Waals surface area contributed by atoms with Crippen molar-refractivity contribution in [3.63, 3.8) is 0 Å². The van der Waals surface area contributed by atoms with Crippen LogP contribution in [0.15, 0.2) is 36.4 Å². The van der Waals surface area contributed by atoms with Gasteiger partial charge in [-0.15, -0.1) is 0 Å². The van der Waals surface area contributed by atoms with Crippen LogP contribution < -0.4 is 10.1 Å². The quantitative estimate of drug-likeness (QED) is 0.656. The molecule has 0 aliphatic carbocycles. The summed E-state index contributed by atoms with van der Waals surface area (Å²) in [6.45, 7) is 5.40. The number of halogens is 4. The Labute approximate surface area is 187 Å². The Bertz CT molecular complexity index is 951. The summed E-state index contributed by atoms with van der Waals surface area (Å²) in [5.74, 6) is -2.14. The van der Waals surface area contributed by atoms with Gasteiger partial charge in [-0.3, -0.25) is 5.32 Å². The van der Waals surface area contributed by atoms with E-state index in [0.717, 1.165) is 11.3 Å². The number of carboxylic acids is 1. The molecule has 0 radical (unpaired) electrons. The molecule has 0 saturated carbocycles. The molecule has 0 spiro atoms. The predicted molar refractivity (Wildman–Crippen MR) is 110 cm³/mol. The third-order valence-electron chi connectivity index (χ3n) is 4.23. The van der Waals surface area contributed by atoms with Crippen molar-refractivity contribution in [3.05, 3.63) is 53.5 Å². The van der Waals surface area contributed by atoms with Crippen LogP contribution in [0.3, 0.4) is 0 Å². The molecule has 3 rings (SSSR count). The second-order valence-corrected chi connectivity index (χ2v) is 7.11. The van der Waals surface area contributed by atoms with Crippen LogP contribution in [-0.4, -0.2) is 65.6 Å². The van der Waals surface area contributed by atoms with Gasteiger partial charge in [0.25, 0.3) is 0 Å². The van der Waals surface area contributed by atoms with Crippen molar-refractivity contribution < 1.29 is 41.7 Å². The van der Waals surface area contributed by atoms with Gasteiger partial charge in [-0.25, -0.2) is 19.0 Å². The van der Waals surface area contributed by atoms with Crippen LogP contribution in [0.1, 0.15) is 11.3 Å². The summed E-state index contributed by atoms with van der Waals surface area (Å²) in [6, 6.07) is 9.50. The molecule has 1 aliphatic rings. The fourth-order valence-electron chi connectivity index (χ4n) is 2.84. The van der Waals surface area contributed by atoms with E-state index in [1.54, 1.807) is 17.0 Å². The highest BCUT2D eigenvalue weighted by Crippen LogP contribution is 2.15. The first kappa shape index (κ1) is 25.8. The molecule has 1 atom stereocenters. The zero-order chi connectivity index (χ0) is 24.6. The van der Waals surface area contributed by atoms with Crippen molar-refractivity contribution in [3.8, 4) is 5.75 Å². The molecule has 12 heteroatoms. The number of hydrogen-bond donors (Lipinski definition) is 2. The number of pyridine rings is 1. The fourth-order valence-corrected chi connectivity index (χ4v) is 2.84. The number of benzene rings is 1. The van der Waals surface area contributed by atoms with Crippen molar-refractivity contribution in [2.75, 3.05) is 31.6 Å². The van der Waals surface area contributed by atoms with Gasteiger partial charge in [-0.2, -0.15) is 13.2 Å². The molecule has 1 aliphatic heterocycles. The number of morpholine rings is 1. The lowest BCUT2D eigenvalue weighted by molar-refractivity contribution is -0.192. The average molecular weight is 473 g/mol. The number of carbonyl (C=O) groups excluding carboxylic acids is 1. The van der Waals surface area contributed by atoms with Gasteiger partial charge < -0.3 is 19.5 Å². The summed E-state index contributed by atoms with van der Waals surface area (Å²) in [7, 11) is 0. The van der Waals surface area contributed by atoms with Crippen molar-refractivity contribution in [1.29, 1.82) is 0 Å². The molecule has 2 aromatic rings. The minimum Gasteiger partial charge on any atom is -0.491 e. The first-order valence-electron chi connectivity index (χ1n) is 9.75. The number of nitrogens with zero attached hydrogens (tertiary/aromatic N) is 2. The molecule has 0 bridgehead atoms. The number of carbonyl (C=O) groups is 2. The number of aromatic nitrogens is 1. The van der Waals surface area contributed by atoms with E-state index in [9.17, 15) is 22.4 Å². The number of aryl methyl sites for hydroxylation is 2. The maximum atomic E-state index is 13.2. The first-order valence-corrected chi connectivity index (χ1v) is 9.75. The number of ether oxygens (including phenoxy) is 2. The van der Waals surface area contributed by atoms with Crippen LogP contribution in [0.4, 0.5) is 28.2 Å². The summed E-state index contributed by atoms with van der Waals surface area (Å²) in [4.78, 5) is 27.4. The first-order chi connectivity index (χ1) is 15.4. The highest BCUT2D eigenvalue weighted by Gasteiger charge is 2.38. The van der Waals surface area contributed by atoms with Crippen LogP contribution in [0, 0.1) is 19.7 Å². The number of carboxylic acid groups (broad SMARTS) is 1. The lowest BCUT2D eigenvalue weighted by atomic mass is 10.2. The number of aliphatic carboxylic acids is 1. The number of anilines is 1. The van der Waals surface area contributed by atoms with Gasteiger partial charge in [0, 0.05) is 18.3 Å². The zero-order valence-corrected chi connectivity index (χ0v) is 17.9. The zero-order valence-electron chi connectivity index (χ0n) is 17.9. The van der Waals surface area contributed by atoms with Crippen molar-refractivity contribution >= 4 is 17.8 Å². The van der Waals surface area contributed by atoms with Crippen LogP contribution in [0.25, 0.3) is 0 Å². The molecular weight excluding hydrogens is 450 g/mol. The van der Waals surface area contributed by atoms with Crippen LogP contribution in [0.5, 0.6) is 5.75 Å². The van der Waals surface area contributed by atoms with E-state index < -0.39 is 12.1 Å². The van der Waals surface area contributed by atoms with E-state index in [-0.39, 0.29) is 24.6 Å². The number of nitrogens with one attached hydrogen (secondary N) is 1. The summed E-state index contributed by atoms with van der Waals surface area (Å²) in [5, 5.41) is 9.95. The largest absolute Gasteiger partial charge is 0.491 e. The SMILES string of the molecule is Cc1cc(C)nc(NC(=O)N2CCOC(COc3cccc(F)c3)C2)c1.O=C(O)C(F)(F)F. The molecule has 1 aromatic heterocycles. The molecule has 33 heavy (non-hydrogen) atoms. The van der Waals surface area contributed by atoms with Gasteiger partial charge in [-0.05, 0) is 43.7 Å².